The van der Waals surface area contributed by atoms with Crippen molar-refractivity contribution in [1.29, 1.82) is 0 Å². The highest BCUT2D eigenvalue weighted by Gasteiger charge is 2.14. The first-order valence-corrected chi connectivity index (χ1v) is 6.48. The normalized spacial score (nSPS) is 15.3. The minimum Gasteiger partial charge on any atom is -0.507 e. The van der Waals surface area contributed by atoms with Crippen molar-refractivity contribution in [2.75, 3.05) is 36.9 Å². The molecule has 20 heavy (non-hydrogen) atoms. The fourth-order valence-corrected chi connectivity index (χ4v) is 2.28. The van der Waals surface area contributed by atoms with Gasteiger partial charge in [-0.05, 0) is 18.2 Å². The van der Waals surface area contributed by atoms with E-state index in [1.54, 1.807) is 18.3 Å². The van der Waals surface area contributed by atoms with Gasteiger partial charge in [-0.25, -0.2) is 9.97 Å². The van der Waals surface area contributed by atoms with Crippen LogP contribution in [0.5, 0.6) is 5.75 Å². The van der Waals surface area contributed by atoms with Crippen molar-refractivity contribution >= 4 is 11.6 Å². The molecule has 0 amide bonds. The molecule has 1 aromatic heterocycles. The Morgan fingerprint density at radius 3 is 2.70 bits per heavy atom. The monoisotopic (exact) mass is 272 g/mol. The van der Waals surface area contributed by atoms with Crippen molar-refractivity contribution in [2.45, 2.75) is 0 Å². The number of aromatic nitrogens is 2. The first-order valence-electron chi connectivity index (χ1n) is 6.48. The first kappa shape index (κ1) is 12.7. The molecule has 3 N–H and O–H groups in total. The Balaban J connectivity index is 1.91. The number of hydrogen-bond donors (Lipinski definition) is 2. The molecule has 104 valence electrons. The number of morpholine rings is 1. The number of nitrogen functional groups attached to an aromatic ring is 1. The maximum absolute atomic E-state index is 10.2. The second-order valence-corrected chi connectivity index (χ2v) is 4.60. The van der Waals surface area contributed by atoms with E-state index in [-0.39, 0.29) is 11.7 Å². The van der Waals surface area contributed by atoms with Crippen molar-refractivity contribution in [3.63, 3.8) is 0 Å². The lowest BCUT2D eigenvalue weighted by Crippen LogP contribution is -2.36. The Labute approximate surface area is 116 Å². The molecule has 1 aliphatic heterocycles. The van der Waals surface area contributed by atoms with E-state index in [0.29, 0.717) is 24.5 Å². The standard InChI is InChI=1S/C14H16N4O2/c15-14-16-4-3-12(17-14)11-2-1-10(9-13(11)19)18-5-7-20-8-6-18/h1-4,9,19H,5-8H2,(H2,15,16,17). The Bertz CT molecular complexity index is 612. The fraction of sp³-hybridized carbons (Fsp3) is 0.286. The Hall–Kier alpha value is -2.34. The van der Waals surface area contributed by atoms with E-state index in [2.05, 4.69) is 14.9 Å². The molecule has 1 aliphatic rings. The molecule has 6 heteroatoms. The van der Waals surface area contributed by atoms with Gasteiger partial charge in [-0.15, -0.1) is 0 Å². The maximum Gasteiger partial charge on any atom is 0.220 e. The molecule has 1 fully saturated rings. The quantitative estimate of drug-likeness (QED) is 0.856. The van der Waals surface area contributed by atoms with Crippen molar-refractivity contribution in [2.24, 2.45) is 0 Å². The summed E-state index contributed by atoms with van der Waals surface area (Å²) in [6.45, 7) is 3.09. The molecule has 6 nitrogen and oxygen atoms in total. The molecule has 0 aliphatic carbocycles. The number of hydrogen-bond acceptors (Lipinski definition) is 6. The van der Waals surface area contributed by atoms with Crippen LogP contribution in [0.1, 0.15) is 0 Å². The van der Waals surface area contributed by atoms with Gasteiger partial charge in [0.15, 0.2) is 0 Å². The third-order valence-corrected chi connectivity index (χ3v) is 3.31. The number of phenols is 1. The number of rotatable bonds is 2. The number of nitrogens with two attached hydrogens (primary N) is 1. The summed E-state index contributed by atoms with van der Waals surface area (Å²) in [7, 11) is 0. The van der Waals surface area contributed by atoms with Crippen LogP contribution in [0.4, 0.5) is 11.6 Å². The molecule has 0 spiro atoms. The highest BCUT2D eigenvalue weighted by molar-refractivity contribution is 5.71. The van der Waals surface area contributed by atoms with Crippen LogP contribution >= 0.6 is 0 Å². The largest absolute Gasteiger partial charge is 0.507 e. The van der Waals surface area contributed by atoms with Crippen molar-refractivity contribution in [1.82, 2.24) is 9.97 Å². The van der Waals surface area contributed by atoms with Gasteiger partial charge in [0.1, 0.15) is 5.75 Å². The number of anilines is 2. The van der Waals surface area contributed by atoms with E-state index in [9.17, 15) is 5.11 Å². The van der Waals surface area contributed by atoms with Gasteiger partial charge in [0, 0.05) is 36.6 Å². The van der Waals surface area contributed by atoms with E-state index in [4.69, 9.17) is 10.5 Å². The lowest BCUT2D eigenvalue weighted by Gasteiger charge is -2.29. The maximum atomic E-state index is 10.2. The van der Waals surface area contributed by atoms with Gasteiger partial charge in [0.05, 0.1) is 18.9 Å². The van der Waals surface area contributed by atoms with Gasteiger partial charge in [-0.1, -0.05) is 0 Å². The molecule has 0 unspecified atom stereocenters. The number of aromatic hydroxyl groups is 1. The van der Waals surface area contributed by atoms with E-state index >= 15 is 0 Å². The molecule has 2 heterocycles. The Morgan fingerprint density at radius 2 is 2.00 bits per heavy atom. The molecule has 0 radical (unpaired) electrons. The average Bonchev–Trinajstić information content (AvgIpc) is 2.48. The predicted molar refractivity (Wildman–Crippen MR) is 76.6 cm³/mol. The van der Waals surface area contributed by atoms with Gasteiger partial charge in [-0.2, -0.15) is 0 Å². The third kappa shape index (κ3) is 2.50. The smallest absolute Gasteiger partial charge is 0.220 e. The summed E-state index contributed by atoms with van der Waals surface area (Å²) in [5, 5.41) is 10.2. The van der Waals surface area contributed by atoms with Crippen LogP contribution in [-0.2, 0) is 4.74 Å². The van der Waals surface area contributed by atoms with Crippen LogP contribution < -0.4 is 10.6 Å². The van der Waals surface area contributed by atoms with E-state index < -0.39 is 0 Å². The van der Waals surface area contributed by atoms with Gasteiger partial charge in [-0.3, -0.25) is 0 Å². The van der Waals surface area contributed by atoms with E-state index in [0.717, 1.165) is 18.8 Å². The summed E-state index contributed by atoms with van der Waals surface area (Å²) in [6.07, 6.45) is 1.58. The molecule has 0 saturated carbocycles. The molecule has 0 bridgehead atoms. The minimum atomic E-state index is 0.187. The molecule has 1 aromatic carbocycles. The van der Waals surface area contributed by atoms with Gasteiger partial charge in [0.25, 0.3) is 0 Å². The van der Waals surface area contributed by atoms with E-state index in [1.807, 2.05) is 12.1 Å². The summed E-state index contributed by atoms with van der Waals surface area (Å²) in [6, 6.07) is 7.29. The molecular formula is C14H16N4O2. The third-order valence-electron chi connectivity index (χ3n) is 3.31. The highest BCUT2D eigenvalue weighted by atomic mass is 16.5. The Kier molecular flexibility index (Phi) is 3.39. The van der Waals surface area contributed by atoms with Crippen molar-refractivity contribution in [3.05, 3.63) is 30.5 Å². The average molecular weight is 272 g/mol. The summed E-state index contributed by atoms with van der Waals surface area (Å²) >= 11 is 0. The number of ether oxygens (including phenoxy) is 1. The molecular weight excluding hydrogens is 256 g/mol. The van der Waals surface area contributed by atoms with Crippen LogP contribution in [0, 0.1) is 0 Å². The number of nitrogens with zero attached hydrogens (tertiary/aromatic N) is 3. The number of phenolic OH excluding ortho intramolecular Hbond substituents is 1. The number of benzene rings is 1. The second-order valence-electron chi connectivity index (χ2n) is 4.60. The summed E-state index contributed by atoms with van der Waals surface area (Å²) in [5.41, 5.74) is 7.81. The molecule has 3 rings (SSSR count). The molecule has 2 aromatic rings. The molecule has 0 atom stereocenters. The Morgan fingerprint density at radius 1 is 1.20 bits per heavy atom. The lowest BCUT2D eigenvalue weighted by atomic mass is 10.1. The second kappa shape index (κ2) is 5.34. The fourth-order valence-electron chi connectivity index (χ4n) is 2.28. The van der Waals surface area contributed by atoms with Crippen molar-refractivity contribution < 1.29 is 9.84 Å². The van der Waals surface area contributed by atoms with Crippen LogP contribution in [-0.4, -0.2) is 41.4 Å². The van der Waals surface area contributed by atoms with Crippen LogP contribution in [0.15, 0.2) is 30.5 Å². The lowest BCUT2D eigenvalue weighted by molar-refractivity contribution is 0.122. The minimum absolute atomic E-state index is 0.187. The van der Waals surface area contributed by atoms with Crippen LogP contribution in [0.25, 0.3) is 11.3 Å². The zero-order chi connectivity index (χ0) is 13.9. The topological polar surface area (TPSA) is 84.5 Å². The zero-order valence-corrected chi connectivity index (χ0v) is 11.0. The van der Waals surface area contributed by atoms with Gasteiger partial charge in [0.2, 0.25) is 5.95 Å². The SMILES string of the molecule is Nc1nccc(-c2ccc(N3CCOCC3)cc2O)n1. The highest BCUT2D eigenvalue weighted by Crippen LogP contribution is 2.32. The predicted octanol–water partition coefficient (Wildman–Crippen LogP) is 1.27. The summed E-state index contributed by atoms with van der Waals surface area (Å²) < 4.78 is 5.32. The van der Waals surface area contributed by atoms with Crippen LogP contribution in [0.3, 0.4) is 0 Å². The van der Waals surface area contributed by atoms with Crippen molar-refractivity contribution in [3.8, 4) is 17.0 Å². The van der Waals surface area contributed by atoms with Gasteiger partial charge < -0.3 is 20.5 Å². The van der Waals surface area contributed by atoms with Gasteiger partial charge >= 0.3 is 0 Å². The first-order chi connectivity index (χ1) is 9.74. The summed E-state index contributed by atoms with van der Waals surface area (Å²) in [4.78, 5) is 10.2. The summed E-state index contributed by atoms with van der Waals surface area (Å²) in [5.74, 6) is 0.381. The zero-order valence-electron chi connectivity index (χ0n) is 11.0. The molecule has 1 saturated heterocycles. The van der Waals surface area contributed by atoms with Crippen LogP contribution in [0.2, 0.25) is 0 Å². The van der Waals surface area contributed by atoms with E-state index in [1.165, 1.54) is 0 Å².